The third-order valence-corrected chi connectivity index (χ3v) is 4.26. The smallest absolute Gasteiger partial charge is 0.295 e. The molecule has 1 aromatic heterocycles. The number of carbonyl (C=O) groups excluding carboxylic acids is 1. The maximum atomic E-state index is 12.0. The Morgan fingerprint density at radius 3 is 2.42 bits per heavy atom. The number of carbonyl (C=O) groups is 1. The molecule has 0 spiro atoms. The number of H-pyrrole nitrogens is 1. The first-order valence-electron chi connectivity index (χ1n) is 6.75. The van der Waals surface area contributed by atoms with Crippen molar-refractivity contribution in [3.05, 3.63) is 54.1 Å². The molecule has 0 unspecified atom stereocenters. The molecule has 0 aliphatic rings. The minimum Gasteiger partial charge on any atom is -0.493 e. The highest BCUT2D eigenvalue weighted by atomic mass is 32.2. The molecule has 24 heavy (non-hydrogen) atoms. The molecule has 0 aliphatic carbocycles. The molecule has 0 radical (unpaired) electrons. The molecule has 0 aliphatic heterocycles. The molecule has 0 atom stereocenters. The van der Waals surface area contributed by atoms with Crippen LogP contribution in [0.3, 0.4) is 0 Å². The van der Waals surface area contributed by atoms with E-state index in [0.717, 1.165) is 0 Å². The second-order valence-electron chi connectivity index (χ2n) is 4.94. The average Bonchev–Trinajstić information content (AvgIpc) is 2.87. The summed E-state index contributed by atoms with van der Waals surface area (Å²) in [6.07, 6.45) is 0. The van der Waals surface area contributed by atoms with Gasteiger partial charge in [-0.2, -0.15) is 0 Å². The van der Waals surface area contributed by atoms with Gasteiger partial charge in [0.05, 0.1) is 10.4 Å². The number of hydrogen-bond donors (Lipinski definition) is 3. The SMILES string of the molecule is NS(=O)(=O)c1ccc(C(=O)N=Nc2c(O)[nH]c3ccccc23)cc1. The molecule has 0 saturated carbocycles. The molecule has 3 aromatic rings. The Kier molecular flexibility index (Phi) is 3.87. The number of aromatic amines is 1. The van der Waals surface area contributed by atoms with E-state index in [2.05, 4.69) is 15.2 Å². The van der Waals surface area contributed by atoms with Crippen molar-refractivity contribution in [2.24, 2.45) is 15.4 Å². The third kappa shape index (κ3) is 3.03. The normalized spacial score (nSPS) is 12.0. The highest BCUT2D eigenvalue weighted by molar-refractivity contribution is 7.89. The van der Waals surface area contributed by atoms with Gasteiger partial charge >= 0.3 is 0 Å². The van der Waals surface area contributed by atoms with Gasteiger partial charge in [0.1, 0.15) is 0 Å². The van der Waals surface area contributed by atoms with Crippen molar-refractivity contribution >= 4 is 32.5 Å². The summed E-state index contributed by atoms with van der Waals surface area (Å²) in [7, 11) is -3.83. The Hall–Kier alpha value is -3.04. The maximum absolute atomic E-state index is 12.0. The Morgan fingerprint density at radius 1 is 1.08 bits per heavy atom. The van der Waals surface area contributed by atoms with Crippen LogP contribution in [-0.4, -0.2) is 24.4 Å². The van der Waals surface area contributed by atoms with E-state index in [1.807, 2.05) is 0 Å². The zero-order valence-electron chi connectivity index (χ0n) is 12.2. The molecule has 9 heteroatoms. The number of nitrogens with two attached hydrogens (primary N) is 1. The summed E-state index contributed by atoms with van der Waals surface area (Å²) in [4.78, 5) is 14.6. The van der Waals surface area contributed by atoms with Crippen molar-refractivity contribution in [1.82, 2.24) is 4.98 Å². The number of nitrogens with zero attached hydrogens (tertiary/aromatic N) is 2. The number of hydrogen-bond acceptors (Lipinski definition) is 5. The number of primary sulfonamides is 1. The van der Waals surface area contributed by atoms with Crippen molar-refractivity contribution in [2.45, 2.75) is 4.90 Å². The summed E-state index contributed by atoms with van der Waals surface area (Å²) < 4.78 is 22.4. The van der Waals surface area contributed by atoms with Gasteiger partial charge in [0, 0.05) is 10.9 Å². The van der Waals surface area contributed by atoms with Gasteiger partial charge in [-0.05, 0) is 30.3 Å². The molecule has 2 aromatic carbocycles. The van der Waals surface area contributed by atoms with E-state index >= 15 is 0 Å². The van der Waals surface area contributed by atoms with Crippen molar-refractivity contribution in [1.29, 1.82) is 0 Å². The first-order chi connectivity index (χ1) is 11.4. The van der Waals surface area contributed by atoms with Crippen LogP contribution in [-0.2, 0) is 10.0 Å². The summed E-state index contributed by atoms with van der Waals surface area (Å²) >= 11 is 0. The first-order valence-corrected chi connectivity index (χ1v) is 8.29. The van der Waals surface area contributed by atoms with E-state index in [4.69, 9.17) is 5.14 Å². The summed E-state index contributed by atoms with van der Waals surface area (Å²) in [5.74, 6) is -0.877. The number of aromatic nitrogens is 1. The Balaban J connectivity index is 1.88. The number of para-hydroxylation sites is 1. The zero-order chi connectivity index (χ0) is 17.3. The molecule has 0 saturated heterocycles. The first kappa shape index (κ1) is 15.8. The third-order valence-electron chi connectivity index (χ3n) is 3.33. The van der Waals surface area contributed by atoms with E-state index in [9.17, 15) is 18.3 Å². The van der Waals surface area contributed by atoms with Crippen LogP contribution in [0.15, 0.2) is 63.7 Å². The highest BCUT2D eigenvalue weighted by Crippen LogP contribution is 2.35. The fourth-order valence-corrected chi connectivity index (χ4v) is 2.67. The van der Waals surface area contributed by atoms with E-state index < -0.39 is 15.9 Å². The largest absolute Gasteiger partial charge is 0.493 e. The van der Waals surface area contributed by atoms with E-state index in [0.29, 0.717) is 10.9 Å². The number of fused-ring (bicyclic) bond motifs is 1. The fourth-order valence-electron chi connectivity index (χ4n) is 2.15. The maximum Gasteiger partial charge on any atom is 0.295 e. The summed E-state index contributed by atoms with van der Waals surface area (Å²) in [5, 5.41) is 22.8. The van der Waals surface area contributed by atoms with Gasteiger partial charge in [0.15, 0.2) is 5.69 Å². The van der Waals surface area contributed by atoms with Crippen LogP contribution in [0.2, 0.25) is 0 Å². The minimum atomic E-state index is -3.83. The van der Waals surface area contributed by atoms with Crippen LogP contribution in [0.25, 0.3) is 10.9 Å². The number of azo groups is 1. The van der Waals surface area contributed by atoms with Crippen LogP contribution < -0.4 is 5.14 Å². The van der Waals surface area contributed by atoms with Crippen molar-refractivity contribution < 1.29 is 18.3 Å². The molecule has 1 amide bonds. The minimum absolute atomic E-state index is 0.106. The van der Waals surface area contributed by atoms with Gasteiger partial charge in [0.25, 0.3) is 5.91 Å². The summed E-state index contributed by atoms with van der Waals surface area (Å²) in [6, 6.07) is 12.0. The quantitative estimate of drug-likeness (QED) is 0.628. The lowest BCUT2D eigenvalue weighted by Gasteiger charge is -1.98. The molecule has 0 bridgehead atoms. The number of aromatic hydroxyl groups is 1. The average molecular weight is 344 g/mol. The molecule has 122 valence electrons. The van der Waals surface area contributed by atoms with Crippen molar-refractivity contribution in [3.8, 4) is 5.88 Å². The van der Waals surface area contributed by atoms with Gasteiger partial charge < -0.3 is 10.1 Å². The molecule has 1 heterocycles. The lowest BCUT2D eigenvalue weighted by molar-refractivity contribution is 0.0995. The second-order valence-corrected chi connectivity index (χ2v) is 6.50. The van der Waals surface area contributed by atoms with Crippen LogP contribution in [0.4, 0.5) is 5.69 Å². The standard InChI is InChI=1S/C15H12N4O4S/c16-24(22,23)10-7-5-9(6-8-10)14(20)19-18-13-11-3-1-2-4-12(11)17-15(13)21/h1-8,17,21H,(H2,16,22,23). The van der Waals surface area contributed by atoms with Gasteiger partial charge in [-0.25, -0.2) is 13.6 Å². The van der Waals surface area contributed by atoms with Crippen LogP contribution in [0, 0.1) is 0 Å². The monoisotopic (exact) mass is 344 g/mol. The molecular formula is C15H12N4O4S. The molecule has 3 rings (SSSR count). The van der Waals surface area contributed by atoms with Crippen molar-refractivity contribution in [2.75, 3.05) is 0 Å². The van der Waals surface area contributed by atoms with E-state index in [1.54, 1.807) is 24.3 Å². The number of sulfonamides is 1. The molecule has 0 fully saturated rings. The van der Waals surface area contributed by atoms with Gasteiger partial charge in [-0.3, -0.25) is 4.79 Å². The van der Waals surface area contributed by atoms with Crippen LogP contribution >= 0.6 is 0 Å². The number of benzene rings is 2. The number of amides is 1. The molecular weight excluding hydrogens is 332 g/mol. The molecule has 4 N–H and O–H groups in total. The van der Waals surface area contributed by atoms with Crippen LogP contribution in [0.1, 0.15) is 10.4 Å². The van der Waals surface area contributed by atoms with Gasteiger partial charge in [0.2, 0.25) is 15.9 Å². The fraction of sp³-hybridized carbons (Fsp3) is 0. The number of rotatable bonds is 3. The Labute approximate surface area is 136 Å². The van der Waals surface area contributed by atoms with E-state index in [1.165, 1.54) is 24.3 Å². The van der Waals surface area contributed by atoms with Crippen LogP contribution in [0.5, 0.6) is 5.88 Å². The summed E-state index contributed by atoms with van der Waals surface area (Å²) in [5.41, 5.74) is 0.958. The van der Waals surface area contributed by atoms with E-state index in [-0.39, 0.29) is 22.0 Å². The lowest BCUT2D eigenvalue weighted by atomic mass is 10.2. The highest BCUT2D eigenvalue weighted by Gasteiger charge is 2.12. The summed E-state index contributed by atoms with van der Waals surface area (Å²) in [6.45, 7) is 0. The van der Waals surface area contributed by atoms with Gasteiger partial charge in [-0.15, -0.1) is 10.2 Å². The lowest BCUT2D eigenvalue weighted by Crippen LogP contribution is -2.12. The van der Waals surface area contributed by atoms with Gasteiger partial charge in [-0.1, -0.05) is 18.2 Å². The number of nitrogens with one attached hydrogen (secondary N) is 1. The Morgan fingerprint density at radius 2 is 1.75 bits per heavy atom. The topological polar surface area (TPSA) is 138 Å². The predicted molar refractivity (Wildman–Crippen MR) is 86.6 cm³/mol. The predicted octanol–water partition coefficient (Wildman–Crippen LogP) is 2.45. The Bertz CT molecular complexity index is 1050. The second kappa shape index (κ2) is 5.87. The van der Waals surface area contributed by atoms with Crippen molar-refractivity contribution in [3.63, 3.8) is 0 Å². The molecule has 8 nitrogen and oxygen atoms in total. The zero-order valence-corrected chi connectivity index (χ0v) is 13.0.